The second-order valence-corrected chi connectivity index (χ2v) is 4.34. The number of ether oxygens (including phenoxy) is 1. The summed E-state index contributed by atoms with van der Waals surface area (Å²) < 4.78 is 5.22. The zero-order chi connectivity index (χ0) is 15.4. The Bertz CT molecular complexity index is 668. The van der Waals surface area contributed by atoms with E-state index in [0.717, 1.165) is 0 Å². The number of hydrogen-bond donors (Lipinski definition) is 0. The lowest BCUT2D eigenvalue weighted by Crippen LogP contribution is -2.26. The third-order valence-electron chi connectivity index (χ3n) is 3.08. The van der Waals surface area contributed by atoms with Crippen molar-refractivity contribution >= 4 is 17.3 Å². The predicted molar refractivity (Wildman–Crippen MR) is 78.8 cm³/mol. The van der Waals surface area contributed by atoms with Crippen LogP contribution in [0.4, 0.5) is 11.4 Å². The van der Waals surface area contributed by atoms with Crippen molar-refractivity contribution in [2.24, 2.45) is 0 Å². The number of nitrogens with zero attached hydrogens (tertiary/aromatic N) is 2. The van der Waals surface area contributed by atoms with Gasteiger partial charge in [-0.3, -0.25) is 14.9 Å². The predicted octanol–water partition coefficient (Wildman–Crippen LogP) is 2.88. The maximum absolute atomic E-state index is 12.4. The normalized spacial score (nSPS) is 10.0. The zero-order valence-electron chi connectivity index (χ0n) is 11.6. The summed E-state index contributed by atoms with van der Waals surface area (Å²) in [7, 11) is 3.16. The maximum atomic E-state index is 12.4. The van der Waals surface area contributed by atoms with Gasteiger partial charge in [-0.15, -0.1) is 0 Å². The fourth-order valence-electron chi connectivity index (χ4n) is 1.94. The molecule has 0 aliphatic heterocycles. The van der Waals surface area contributed by atoms with E-state index in [1.54, 1.807) is 25.2 Å². The molecule has 2 aromatic rings. The molecule has 0 saturated carbocycles. The average molecular weight is 286 g/mol. The summed E-state index contributed by atoms with van der Waals surface area (Å²) in [6, 6.07) is 12.6. The second kappa shape index (κ2) is 6.04. The molecule has 0 bridgehead atoms. The summed E-state index contributed by atoms with van der Waals surface area (Å²) in [5.41, 5.74) is 0.948. The van der Waals surface area contributed by atoms with E-state index >= 15 is 0 Å². The quantitative estimate of drug-likeness (QED) is 0.640. The van der Waals surface area contributed by atoms with Gasteiger partial charge in [0.15, 0.2) is 0 Å². The van der Waals surface area contributed by atoms with Gasteiger partial charge in [0.1, 0.15) is 5.75 Å². The van der Waals surface area contributed by atoms with E-state index in [1.165, 1.54) is 36.3 Å². The first kappa shape index (κ1) is 14.5. The number of rotatable bonds is 4. The van der Waals surface area contributed by atoms with Crippen LogP contribution in [0.1, 0.15) is 10.4 Å². The molecule has 0 N–H and O–H groups in total. The number of carbonyl (C=O) groups is 1. The number of anilines is 1. The summed E-state index contributed by atoms with van der Waals surface area (Å²) in [5.74, 6) is 0.310. The summed E-state index contributed by atoms with van der Waals surface area (Å²) >= 11 is 0. The van der Waals surface area contributed by atoms with Gasteiger partial charge in [0.2, 0.25) is 0 Å². The molecule has 21 heavy (non-hydrogen) atoms. The molecule has 0 saturated heterocycles. The van der Waals surface area contributed by atoms with Crippen molar-refractivity contribution in [3.05, 3.63) is 64.2 Å². The minimum absolute atomic E-state index is 0.0495. The SMILES string of the molecule is COc1ccccc1N(C)C(=O)c1ccc([N+](=O)[O-])cc1. The Morgan fingerprint density at radius 3 is 2.33 bits per heavy atom. The van der Waals surface area contributed by atoms with Crippen molar-refractivity contribution < 1.29 is 14.5 Å². The minimum atomic E-state index is -0.502. The Balaban J connectivity index is 2.28. The molecule has 0 fully saturated rings. The lowest BCUT2D eigenvalue weighted by atomic mass is 10.1. The summed E-state index contributed by atoms with van der Waals surface area (Å²) in [4.78, 5) is 24.0. The average Bonchev–Trinajstić information content (AvgIpc) is 2.53. The molecule has 0 spiro atoms. The minimum Gasteiger partial charge on any atom is -0.495 e. The van der Waals surface area contributed by atoms with Gasteiger partial charge in [0, 0.05) is 24.7 Å². The van der Waals surface area contributed by atoms with Gasteiger partial charge >= 0.3 is 0 Å². The van der Waals surface area contributed by atoms with Crippen molar-refractivity contribution in [1.82, 2.24) is 0 Å². The molecule has 0 unspecified atom stereocenters. The van der Waals surface area contributed by atoms with Crippen molar-refractivity contribution in [3.63, 3.8) is 0 Å². The number of nitro benzene ring substituents is 1. The number of non-ortho nitro benzene ring substituents is 1. The number of carbonyl (C=O) groups excluding carboxylic acids is 1. The van der Waals surface area contributed by atoms with Gasteiger partial charge in [-0.2, -0.15) is 0 Å². The molecule has 0 heterocycles. The van der Waals surface area contributed by atoms with Crippen molar-refractivity contribution in [2.45, 2.75) is 0 Å². The van der Waals surface area contributed by atoms with E-state index in [9.17, 15) is 14.9 Å². The molecule has 2 aromatic carbocycles. The van der Waals surface area contributed by atoms with Crippen LogP contribution in [0.15, 0.2) is 48.5 Å². The Morgan fingerprint density at radius 2 is 1.76 bits per heavy atom. The van der Waals surface area contributed by atoms with E-state index in [0.29, 0.717) is 17.0 Å². The van der Waals surface area contributed by atoms with Crippen LogP contribution >= 0.6 is 0 Å². The molecule has 0 atom stereocenters. The first-order chi connectivity index (χ1) is 10.0. The summed E-state index contributed by atoms with van der Waals surface area (Å²) in [6.07, 6.45) is 0. The van der Waals surface area contributed by atoms with E-state index < -0.39 is 4.92 Å². The number of benzene rings is 2. The number of nitro groups is 1. The fraction of sp³-hybridized carbons (Fsp3) is 0.133. The van der Waals surface area contributed by atoms with Gasteiger partial charge in [0.05, 0.1) is 17.7 Å². The van der Waals surface area contributed by atoms with Gasteiger partial charge in [-0.25, -0.2) is 0 Å². The number of amides is 1. The Labute approximate surface area is 121 Å². The highest BCUT2D eigenvalue weighted by Crippen LogP contribution is 2.27. The van der Waals surface area contributed by atoms with Crippen LogP contribution < -0.4 is 9.64 Å². The van der Waals surface area contributed by atoms with Gasteiger partial charge in [-0.05, 0) is 24.3 Å². The molecule has 108 valence electrons. The van der Waals surface area contributed by atoms with E-state index in [1.807, 2.05) is 6.07 Å². The highest BCUT2D eigenvalue weighted by Gasteiger charge is 2.17. The van der Waals surface area contributed by atoms with Crippen LogP contribution in [-0.4, -0.2) is 25.0 Å². The first-order valence-corrected chi connectivity index (χ1v) is 6.20. The smallest absolute Gasteiger partial charge is 0.269 e. The first-order valence-electron chi connectivity index (χ1n) is 6.20. The van der Waals surface area contributed by atoms with Crippen LogP contribution in [0, 0.1) is 10.1 Å². The van der Waals surface area contributed by atoms with Crippen molar-refractivity contribution in [3.8, 4) is 5.75 Å². The Morgan fingerprint density at radius 1 is 1.14 bits per heavy atom. The monoisotopic (exact) mass is 286 g/mol. The lowest BCUT2D eigenvalue weighted by molar-refractivity contribution is -0.384. The third kappa shape index (κ3) is 3.00. The topological polar surface area (TPSA) is 72.7 Å². The van der Waals surface area contributed by atoms with E-state index in [4.69, 9.17) is 4.74 Å². The van der Waals surface area contributed by atoms with Gasteiger partial charge < -0.3 is 9.64 Å². The molecule has 0 aliphatic carbocycles. The number of para-hydroxylation sites is 2. The Kier molecular flexibility index (Phi) is 4.18. The third-order valence-corrected chi connectivity index (χ3v) is 3.08. The highest BCUT2D eigenvalue weighted by atomic mass is 16.6. The van der Waals surface area contributed by atoms with Crippen LogP contribution in [0.5, 0.6) is 5.75 Å². The lowest BCUT2D eigenvalue weighted by Gasteiger charge is -2.19. The van der Waals surface area contributed by atoms with Crippen LogP contribution in [0.3, 0.4) is 0 Å². The Hall–Kier alpha value is -2.89. The van der Waals surface area contributed by atoms with Crippen molar-refractivity contribution in [1.29, 1.82) is 0 Å². The van der Waals surface area contributed by atoms with Gasteiger partial charge in [-0.1, -0.05) is 12.1 Å². The van der Waals surface area contributed by atoms with Crippen molar-refractivity contribution in [2.75, 3.05) is 19.1 Å². The van der Waals surface area contributed by atoms with Gasteiger partial charge in [0.25, 0.3) is 11.6 Å². The standard InChI is InChI=1S/C15H14N2O4/c1-16(13-5-3-4-6-14(13)21-2)15(18)11-7-9-12(10-8-11)17(19)20/h3-10H,1-2H3. The van der Waals surface area contributed by atoms with Crippen LogP contribution in [0.2, 0.25) is 0 Å². The van der Waals surface area contributed by atoms with Crippen LogP contribution in [-0.2, 0) is 0 Å². The zero-order valence-corrected chi connectivity index (χ0v) is 11.6. The number of methoxy groups -OCH3 is 1. The molecular weight excluding hydrogens is 272 g/mol. The van der Waals surface area contributed by atoms with E-state index in [-0.39, 0.29) is 11.6 Å². The largest absolute Gasteiger partial charge is 0.495 e. The maximum Gasteiger partial charge on any atom is 0.269 e. The summed E-state index contributed by atoms with van der Waals surface area (Å²) in [6.45, 7) is 0. The molecular formula is C15H14N2O4. The summed E-state index contributed by atoms with van der Waals surface area (Å²) in [5, 5.41) is 10.6. The second-order valence-electron chi connectivity index (χ2n) is 4.34. The molecule has 1 amide bonds. The highest BCUT2D eigenvalue weighted by molar-refractivity contribution is 6.06. The molecule has 0 aromatic heterocycles. The number of hydrogen-bond acceptors (Lipinski definition) is 4. The van der Waals surface area contributed by atoms with E-state index in [2.05, 4.69) is 0 Å². The van der Waals surface area contributed by atoms with Crippen LogP contribution in [0.25, 0.3) is 0 Å². The molecule has 0 radical (unpaired) electrons. The molecule has 6 nitrogen and oxygen atoms in total. The molecule has 0 aliphatic rings. The fourth-order valence-corrected chi connectivity index (χ4v) is 1.94. The molecule has 2 rings (SSSR count). The molecule has 6 heteroatoms.